The van der Waals surface area contributed by atoms with Gasteiger partial charge in [-0.15, -0.1) is 24.5 Å². The van der Waals surface area contributed by atoms with Crippen LogP contribution in [0.2, 0.25) is 0 Å². The summed E-state index contributed by atoms with van der Waals surface area (Å²) in [6.45, 7) is 3.59. The summed E-state index contributed by atoms with van der Waals surface area (Å²) in [6, 6.07) is 12.2. The molecule has 3 aromatic rings. The Bertz CT molecular complexity index is 954. The minimum atomic E-state index is -4.73. The molecule has 2 aromatic carbocycles. The number of benzene rings is 2. The van der Waals surface area contributed by atoms with Crippen LogP contribution in [0.5, 0.6) is 11.5 Å². The molecule has 0 radical (unpaired) electrons. The molecule has 3 rings (SSSR count). The van der Waals surface area contributed by atoms with Gasteiger partial charge in [0, 0.05) is 11.6 Å². The Kier molecular flexibility index (Phi) is 5.65. The third-order valence-corrected chi connectivity index (χ3v) is 4.11. The lowest BCUT2D eigenvalue weighted by Crippen LogP contribution is -2.17. The molecule has 1 amide bonds. The van der Waals surface area contributed by atoms with Crippen LogP contribution in [0, 0.1) is 0 Å². The first kappa shape index (κ1) is 19.4. The zero-order chi connectivity index (χ0) is 20.1. The first-order valence-electron chi connectivity index (χ1n) is 7.84. The van der Waals surface area contributed by atoms with E-state index < -0.39 is 12.3 Å². The number of anilines is 1. The minimum Gasteiger partial charge on any atom is -0.452 e. The van der Waals surface area contributed by atoms with Gasteiger partial charge in [-0.3, -0.25) is 10.1 Å². The molecule has 0 saturated carbocycles. The molecule has 0 aliphatic rings. The van der Waals surface area contributed by atoms with Crippen molar-refractivity contribution in [3.63, 3.8) is 0 Å². The van der Waals surface area contributed by atoms with Gasteiger partial charge in [-0.1, -0.05) is 30.8 Å². The van der Waals surface area contributed by atoms with Crippen molar-refractivity contribution in [1.82, 2.24) is 4.98 Å². The Balaban J connectivity index is 1.61. The number of ether oxygens (including phenoxy) is 2. The van der Waals surface area contributed by atoms with Gasteiger partial charge >= 0.3 is 6.36 Å². The van der Waals surface area contributed by atoms with Gasteiger partial charge in [-0.05, 0) is 35.4 Å². The number of carbonyl (C=O) groups excluding carboxylic acids is 1. The fourth-order valence-corrected chi connectivity index (χ4v) is 2.73. The van der Waals surface area contributed by atoms with Crippen molar-refractivity contribution in [2.24, 2.45) is 0 Å². The minimum absolute atomic E-state index is 0.100. The molecule has 1 N–H and O–H groups in total. The summed E-state index contributed by atoms with van der Waals surface area (Å²) in [5.74, 6) is -0.519. The summed E-state index contributed by atoms with van der Waals surface area (Å²) in [4.78, 5) is 15.9. The molecule has 0 saturated heterocycles. The number of carbonyl (C=O) groups is 1. The van der Waals surface area contributed by atoms with Gasteiger partial charge in [-0.25, -0.2) is 4.98 Å². The molecule has 0 spiro atoms. The van der Waals surface area contributed by atoms with Crippen LogP contribution in [0.3, 0.4) is 0 Å². The fourth-order valence-electron chi connectivity index (χ4n) is 2.21. The SMILES string of the molecule is C=C(Oc1ccc(-c2ccc(OC(F)(F)F)cc2)cc1)C(=O)Nc1nccs1. The van der Waals surface area contributed by atoms with Crippen molar-refractivity contribution in [2.45, 2.75) is 6.36 Å². The van der Waals surface area contributed by atoms with Crippen molar-refractivity contribution < 1.29 is 27.4 Å². The van der Waals surface area contributed by atoms with Crippen LogP contribution in [0.1, 0.15) is 0 Å². The van der Waals surface area contributed by atoms with E-state index in [9.17, 15) is 18.0 Å². The van der Waals surface area contributed by atoms with E-state index in [1.165, 1.54) is 35.6 Å². The largest absolute Gasteiger partial charge is 0.573 e. The molecule has 1 aromatic heterocycles. The average molecular weight is 406 g/mol. The van der Waals surface area contributed by atoms with E-state index in [1.807, 2.05) is 0 Å². The smallest absolute Gasteiger partial charge is 0.452 e. The summed E-state index contributed by atoms with van der Waals surface area (Å²) < 4.78 is 45.9. The maximum Gasteiger partial charge on any atom is 0.573 e. The Labute approximate surface area is 162 Å². The van der Waals surface area contributed by atoms with Crippen molar-refractivity contribution in [2.75, 3.05) is 5.32 Å². The topological polar surface area (TPSA) is 60.5 Å². The molecule has 0 atom stereocenters. The van der Waals surface area contributed by atoms with E-state index in [-0.39, 0.29) is 11.5 Å². The van der Waals surface area contributed by atoms with E-state index in [0.29, 0.717) is 16.4 Å². The second-order valence-corrected chi connectivity index (χ2v) is 6.31. The van der Waals surface area contributed by atoms with Gasteiger partial charge in [0.1, 0.15) is 11.5 Å². The van der Waals surface area contributed by atoms with E-state index in [4.69, 9.17) is 4.74 Å². The maximum absolute atomic E-state index is 12.2. The highest BCUT2D eigenvalue weighted by Gasteiger charge is 2.30. The summed E-state index contributed by atoms with van der Waals surface area (Å²) in [7, 11) is 0. The van der Waals surface area contributed by atoms with Gasteiger partial charge in [0.2, 0.25) is 0 Å². The molecular weight excluding hydrogens is 393 g/mol. The van der Waals surface area contributed by atoms with E-state index in [1.54, 1.807) is 35.8 Å². The number of nitrogens with zero attached hydrogens (tertiary/aromatic N) is 1. The fraction of sp³-hybridized carbons (Fsp3) is 0.0526. The Hall–Kier alpha value is -3.33. The molecule has 0 unspecified atom stereocenters. The highest BCUT2D eigenvalue weighted by molar-refractivity contribution is 7.13. The number of rotatable bonds is 6. The summed E-state index contributed by atoms with van der Waals surface area (Å²) in [6.07, 6.45) is -3.17. The zero-order valence-electron chi connectivity index (χ0n) is 14.2. The summed E-state index contributed by atoms with van der Waals surface area (Å²) >= 11 is 1.27. The maximum atomic E-state index is 12.2. The second-order valence-electron chi connectivity index (χ2n) is 5.41. The summed E-state index contributed by atoms with van der Waals surface area (Å²) in [5, 5.41) is 4.71. The zero-order valence-corrected chi connectivity index (χ0v) is 15.0. The van der Waals surface area contributed by atoms with Crippen LogP contribution in [-0.2, 0) is 4.79 Å². The number of aromatic nitrogens is 1. The number of alkyl halides is 3. The summed E-state index contributed by atoms with van der Waals surface area (Å²) in [5.41, 5.74) is 1.45. The van der Waals surface area contributed by atoms with Crippen LogP contribution in [-0.4, -0.2) is 17.3 Å². The van der Waals surface area contributed by atoms with Gasteiger partial charge in [-0.2, -0.15) is 0 Å². The number of hydrogen-bond acceptors (Lipinski definition) is 5. The number of nitrogens with one attached hydrogen (secondary N) is 1. The molecule has 1 heterocycles. The van der Waals surface area contributed by atoms with Crippen LogP contribution in [0.25, 0.3) is 11.1 Å². The molecule has 28 heavy (non-hydrogen) atoms. The molecule has 9 heteroatoms. The third-order valence-electron chi connectivity index (χ3n) is 3.42. The van der Waals surface area contributed by atoms with Gasteiger partial charge < -0.3 is 9.47 Å². The van der Waals surface area contributed by atoms with Crippen molar-refractivity contribution >= 4 is 22.4 Å². The lowest BCUT2D eigenvalue weighted by Gasteiger charge is -2.10. The number of thiazole rings is 1. The van der Waals surface area contributed by atoms with Crippen LogP contribution in [0.4, 0.5) is 18.3 Å². The van der Waals surface area contributed by atoms with Crippen LogP contribution < -0.4 is 14.8 Å². The number of halogens is 3. The van der Waals surface area contributed by atoms with Crippen molar-refractivity contribution in [1.29, 1.82) is 0 Å². The lowest BCUT2D eigenvalue weighted by molar-refractivity contribution is -0.274. The van der Waals surface area contributed by atoms with Crippen LogP contribution >= 0.6 is 11.3 Å². The number of amides is 1. The quantitative estimate of drug-likeness (QED) is 0.449. The van der Waals surface area contributed by atoms with Crippen LogP contribution in [0.15, 0.2) is 72.4 Å². The van der Waals surface area contributed by atoms with Gasteiger partial charge in [0.15, 0.2) is 10.9 Å². The standard InChI is InChI=1S/C19H13F3N2O3S/c1-12(17(25)24-18-23-10-11-28-18)26-15-6-2-13(3-7-15)14-4-8-16(9-5-14)27-19(20,21)22/h2-11H,1H2,(H,23,24,25). The Morgan fingerprint density at radius 3 is 2.07 bits per heavy atom. The highest BCUT2D eigenvalue weighted by atomic mass is 32.1. The third kappa shape index (κ3) is 5.34. The predicted molar refractivity (Wildman–Crippen MR) is 99.1 cm³/mol. The van der Waals surface area contributed by atoms with Crippen molar-refractivity contribution in [3.05, 3.63) is 72.4 Å². The Morgan fingerprint density at radius 1 is 1.00 bits per heavy atom. The predicted octanol–water partition coefficient (Wildman–Crippen LogP) is 5.24. The normalized spacial score (nSPS) is 11.0. The monoisotopic (exact) mass is 406 g/mol. The highest BCUT2D eigenvalue weighted by Crippen LogP contribution is 2.28. The van der Waals surface area contributed by atoms with E-state index >= 15 is 0 Å². The van der Waals surface area contributed by atoms with E-state index in [2.05, 4.69) is 21.6 Å². The first-order valence-corrected chi connectivity index (χ1v) is 8.72. The molecule has 144 valence electrons. The lowest BCUT2D eigenvalue weighted by atomic mass is 10.1. The number of hydrogen-bond donors (Lipinski definition) is 1. The molecule has 0 bridgehead atoms. The first-order chi connectivity index (χ1) is 13.3. The van der Waals surface area contributed by atoms with Gasteiger partial charge in [0.25, 0.3) is 5.91 Å². The molecular formula is C19H13F3N2O3S. The van der Waals surface area contributed by atoms with Crippen molar-refractivity contribution in [3.8, 4) is 22.6 Å². The molecule has 0 aliphatic heterocycles. The molecule has 0 aliphatic carbocycles. The van der Waals surface area contributed by atoms with E-state index in [0.717, 1.165) is 5.56 Å². The van der Waals surface area contributed by atoms with Gasteiger partial charge in [0.05, 0.1) is 0 Å². The Morgan fingerprint density at radius 2 is 1.57 bits per heavy atom. The molecule has 0 fully saturated rings. The second kappa shape index (κ2) is 8.13. The molecule has 5 nitrogen and oxygen atoms in total. The average Bonchev–Trinajstić information content (AvgIpc) is 3.15.